The summed E-state index contributed by atoms with van der Waals surface area (Å²) in [5, 5.41) is 21.3. The fourth-order valence-corrected chi connectivity index (χ4v) is 10.9. The predicted octanol–water partition coefficient (Wildman–Crippen LogP) is 5.18. The van der Waals surface area contributed by atoms with Crippen LogP contribution in [0.1, 0.15) is 126 Å². The summed E-state index contributed by atoms with van der Waals surface area (Å²) in [6, 6.07) is 27.1. The fraction of sp³-hybridized carbons (Fsp3) is 0.500. The van der Waals surface area contributed by atoms with Crippen LogP contribution < -0.4 is 37.2 Å². The van der Waals surface area contributed by atoms with Crippen molar-refractivity contribution in [3.63, 3.8) is 0 Å². The van der Waals surface area contributed by atoms with Crippen LogP contribution in [0.5, 0.6) is 0 Å². The van der Waals surface area contributed by atoms with Crippen LogP contribution in [0.3, 0.4) is 0 Å². The zero-order chi connectivity index (χ0) is 56.5. The van der Waals surface area contributed by atoms with Crippen molar-refractivity contribution >= 4 is 41.4 Å². The molecular formula is C62H83N9O7. The van der Waals surface area contributed by atoms with Crippen molar-refractivity contribution in [2.24, 2.45) is 10.8 Å². The lowest BCUT2D eigenvalue weighted by molar-refractivity contribution is -0.147. The van der Waals surface area contributed by atoms with Gasteiger partial charge in [0.1, 0.15) is 30.2 Å². The smallest absolute Gasteiger partial charge is 0.246 e. The lowest BCUT2D eigenvalue weighted by Crippen LogP contribution is -2.62. The lowest BCUT2D eigenvalue weighted by atomic mass is 9.83. The third-order valence-electron chi connectivity index (χ3n) is 15.9. The number of rotatable bonds is 19. The highest BCUT2D eigenvalue weighted by Gasteiger charge is 2.47. The van der Waals surface area contributed by atoms with E-state index in [0.717, 1.165) is 52.6 Å². The van der Waals surface area contributed by atoms with Crippen molar-refractivity contribution in [3.05, 3.63) is 142 Å². The molecule has 4 aromatic carbocycles. The number of nitrogens with zero attached hydrogens (tertiary/aromatic N) is 2. The van der Waals surface area contributed by atoms with Gasteiger partial charge >= 0.3 is 0 Å². The number of hydrogen-bond donors (Lipinski definition) is 7. The van der Waals surface area contributed by atoms with E-state index in [1.54, 1.807) is 37.7 Å². The van der Waals surface area contributed by atoms with Crippen LogP contribution in [0.4, 0.5) is 0 Å². The average Bonchev–Trinajstić information content (AvgIpc) is 3.90. The minimum Gasteiger partial charge on any atom is -0.354 e. The second kappa shape index (κ2) is 25.7. The molecular weight excluding hydrogens is 983 g/mol. The Bertz CT molecular complexity index is 2780. The van der Waals surface area contributed by atoms with Gasteiger partial charge in [-0.1, -0.05) is 145 Å². The van der Waals surface area contributed by atoms with E-state index in [9.17, 15) is 19.2 Å². The minimum absolute atomic E-state index is 0.0625. The largest absolute Gasteiger partial charge is 0.354 e. The summed E-state index contributed by atoms with van der Waals surface area (Å²) in [4.78, 5) is 104. The summed E-state index contributed by atoms with van der Waals surface area (Å²) in [7, 11) is 3.34. The first kappa shape index (κ1) is 58.8. The molecule has 7 rings (SSSR count). The number of aryl methyl sites for hydroxylation is 1. The molecule has 7 N–H and O–H groups in total. The van der Waals surface area contributed by atoms with Crippen LogP contribution in [0.25, 0.3) is 0 Å². The first-order valence-electron chi connectivity index (χ1n) is 27.8. The van der Waals surface area contributed by atoms with Crippen molar-refractivity contribution in [1.29, 1.82) is 0 Å². The first-order chi connectivity index (χ1) is 37.1. The van der Waals surface area contributed by atoms with E-state index in [-0.39, 0.29) is 67.9 Å². The summed E-state index contributed by atoms with van der Waals surface area (Å²) < 4.78 is 0. The molecule has 7 amide bonds. The first-order valence-corrected chi connectivity index (χ1v) is 27.8. The molecule has 78 heavy (non-hydrogen) atoms. The van der Waals surface area contributed by atoms with Gasteiger partial charge in [0.2, 0.25) is 41.4 Å². The Morgan fingerprint density at radius 2 is 1.19 bits per heavy atom. The van der Waals surface area contributed by atoms with Crippen LogP contribution in [0.2, 0.25) is 0 Å². The Labute approximate surface area is 461 Å². The van der Waals surface area contributed by atoms with Gasteiger partial charge in [0.15, 0.2) is 0 Å². The molecule has 1 fully saturated rings. The minimum atomic E-state index is -1.04. The molecule has 4 aromatic rings. The third-order valence-corrected chi connectivity index (χ3v) is 15.9. The summed E-state index contributed by atoms with van der Waals surface area (Å²) in [6.07, 6.45) is 3.81. The summed E-state index contributed by atoms with van der Waals surface area (Å²) >= 11 is 0. The summed E-state index contributed by atoms with van der Waals surface area (Å²) in [6.45, 7) is 15.2. The quantitative estimate of drug-likeness (QED) is 0.0659. The maximum absolute atomic E-state index is 15.2. The molecule has 418 valence electrons. The molecule has 0 bridgehead atoms. The zero-order valence-electron chi connectivity index (χ0n) is 47.3. The van der Waals surface area contributed by atoms with Gasteiger partial charge in [0.05, 0.1) is 18.1 Å². The van der Waals surface area contributed by atoms with Gasteiger partial charge in [0, 0.05) is 38.4 Å². The number of benzene rings is 4. The maximum Gasteiger partial charge on any atom is 0.246 e. The molecule has 16 nitrogen and oxygen atoms in total. The molecule has 0 saturated carbocycles. The number of likely N-dealkylation sites (N-methyl/N-ethyl adjacent to an activating group) is 2. The van der Waals surface area contributed by atoms with Crippen molar-refractivity contribution in [1.82, 2.24) is 47.0 Å². The molecule has 0 unspecified atom stereocenters. The third kappa shape index (κ3) is 14.4. The van der Waals surface area contributed by atoms with E-state index >= 15 is 14.4 Å². The average molecular weight is 1070 g/mol. The van der Waals surface area contributed by atoms with Gasteiger partial charge in [-0.2, -0.15) is 0 Å². The SMILES string of the molecule is CN[C@@H](C)C(=O)N[C@H](C(=O)N1C[C@@H](c2ccc3c(c2)CN(C(=O)[C@@H](NC(=O)[C@H](C)NC)C(C)(C)C)[C@H](C(=O)N[C@@H]2CCCc4ccccc42)C3)C[C@H]1C(=O)N[C@@H](Cc1ccccc1)C(=O)NCCc1ccccc1)C(C)(C)C. The molecule has 0 radical (unpaired) electrons. The van der Waals surface area contributed by atoms with E-state index < -0.39 is 70.9 Å². The standard InChI is InChI=1S/C62H83N9O7/c1-38(63-9)54(72)68-52(61(3,4)5)59(77)70-36-45-33-43(28-29-44(45)34-50(70)57(75)66-48-27-19-25-42-24-17-18-26-47(42)48)46-35-51(71(37-46)60(78)53(62(6,7)8)69-55(73)39(2)64-10)58(76)67-49(32-41-22-15-12-16-23-41)56(74)65-31-30-40-20-13-11-14-21-40/h11-18,20-24,26,28-29,33,38-39,46,48-53,63-64H,19,25,27,30-32,34-37H2,1-10H3,(H,65,74)(H,66,75)(H,67,76)(H,68,72)(H,69,73)/t38-,39-,46-,48+,49-,50-,51-,52+,53+/m0/s1. The number of carbonyl (C=O) groups excluding carboxylic acids is 7. The summed E-state index contributed by atoms with van der Waals surface area (Å²) in [5.41, 5.74) is 5.16. The van der Waals surface area contributed by atoms with E-state index in [0.29, 0.717) is 13.0 Å². The number of fused-ring (bicyclic) bond motifs is 2. The van der Waals surface area contributed by atoms with Gasteiger partial charge in [-0.15, -0.1) is 0 Å². The Balaban J connectivity index is 1.22. The number of nitrogens with one attached hydrogen (secondary N) is 7. The van der Waals surface area contributed by atoms with Gasteiger partial charge in [-0.05, 0) is 110 Å². The van der Waals surface area contributed by atoms with Crippen molar-refractivity contribution in [3.8, 4) is 0 Å². The predicted molar refractivity (Wildman–Crippen MR) is 303 cm³/mol. The van der Waals surface area contributed by atoms with E-state index in [1.165, 1.54) is 5.56 Å². The highest BCUT2D eigenvalue weighted by molar-refractivity contribution is 5.96. The molecule has 9 atom stereocenters. The molecule has 1 aliphatic carbocycles. The lowest BCUT2D eigenvalue weighted by Gasteiger charge is -2.42. The number of carbonyl (C=O) groups is 7. The second-order valence-electron chi connectivity index (χ2n) is 23.7. The summed E-state index contributed by atoms with van der Waals surface area (Å²) in [5.74, 6) is -3.05. The van der Waals surface area contributed by atoms with Crippen molar-refractivity contribution in [2.45, 2.75) is 161 Å². The van der Waals surface area contributed by atoms with Gasteiger partial charge < -0.3 is 47.0 Å². The highest BCUT2D eigenvalue weighted by atomic mass is 16.2. The van der Waals surface area contributed by atoms with Crippen LogP contribution >= 0.6 is 0 Å². The number of amides is 7. The normalized spacial score (nSPS) is 20.1. The van der Waals surface area contributed by atoms with Gasteiger partial charge in [-0.25, -0.2) is 0 Å². The molecule has 0 spiro atoms. The number of likely N-dealkylation sites (tertiary alicyclic amines) is 1. The van der Waals surface area contributed by atoms with Crippen molar-refractivity contribution in [2.75, 3.05) is 27.2 Å². The Morgan fingerprint density at radius 1 is 0.615 bits per heavy atom. The molecule has 2 aliphatic heterocycles. The number of hydrogen-bond acceptors (Lipinski definition) is 9. The molecule has 2 heterocycles. The van der Waals surface area contributed by atoms with Crippen LogP contribution in [0.15, 0.2) is 103 Å². The van der Waals surface area contributed by atoms with Gasteiger partial charge in [0.25, 0.3) is 0 Å². The van der Waals surface area contributed by atoms with E-state index in [2.05, 4.69) is 49.4 Å². The fourth-order valence-electron chi connectivity index (χ4n) is 10.9. The molecule has 0 aromatic heterocycles. The highest BCUT2D eigenvalue weighted by Crippen LogP contribution is 2.38. The Morgan fingerprint density at radius 3 is 1.79 bits per heavy atom. The van der Waals surface area contributed by atoms with Crippen LogP contribution in [-0.4, -0.2) is 121 Å². The van der Waals surface area contributed by atoms with Crippen LogP contribution in [-0.2, 0) is 65.8 Å². The second-order valence-corrected chi connectivity index (χ2v) is 23.7. The Kier molecular flexibility index (Phi) is 19.4. The van der Waals surface area contributed by atoms with Crippen molar-refractivity contribution < 1.29 is 33.6 Å². The molecule has 3 aliphatic rings. The molecule has 1 saturated heterocycles. The van der Waals surface area contributed by atoms with E-state index in [4.69, 9.17) is 0 Å². The topological polar surface area (TPSA) is 210 Å². The zero-order valence-corrected chi connectivity index (χ0v) is 47.3. The van der Waals surface area contributed by atoms with Gasteiger partial charge in [-0.3, -0.25) is 33.6 Å². The molecule has 16 heteroatoms. The van der Waals surface area contributed by atoms with Crippen LogP contribution in [0, 0.1) is 10.8 Å². The Hall–Kier alpha value is -6.91. The monoisotopic (exact) mass is 1070 g/mol. The maximum atomic E-state index is 15.2. The van der Waals surface area contributed by atoms with E-state index in [1.807, 2.05) is 133 Å².